The molecule has 1 atom stereocenters. The number of rotatable bonds is 4. The second-order valence-electron chi connectivity index (χ2n) is 8.88. The molecule has 2 aromatic rings. The standard InChI is InChI=1S/C16H13.C11H17.2HI.Zr/c1-12-10-14-8-5-9-15(16(14)11-12)13-6-3-2-4-7-13;1-6-11-9(4)7(2)8(3)10(11)5;;;/h2-11H,1H3;6H2,1-5H3;2*1H;/q;;;;+2/p-2. The average molecular weight is 700 g/mol. The van der Waals surface area contributed by atoms with Crippen molar-refractivity contribution in [3.63, 3.8) is 0 Å². The van der Waals surface area contributed by atoms with E-state index in [9.17, 15) is 0 Å². The number of benzene rings is 2. The summed E-state index contributed by atoms with van der Waals surface area (Å²) in [5.74, 6) is 0. The molecule has 0 amide bonds. The van der Waals surface area contributed by atoms with Gasteiger partial charge in [0.2, 0.25) is 0 Å². The van der Waals surface area contributed by atoms with Gasteiger partial charge in [0, 0.05) is 0 Å². The van der Waals surface area contributed by atoms with Crippen molar-refractivity contribution < 1.29 is 11.9 Å². The van der Waals surface area contributed by atoms with Crippen LogP contribution >= 0.6 is 36.1 Å². The Morgan fingerprint density at radius 1 is 0.833 bits per heavy atom. The summed E-state index contributed by atoms with van der Waals surface area (Å²) in [6.07, 6.45) is 3.72. The molecule has 156 valence electrons. The fourth-order valence-electron chi connectivity index (χ4n) is 5.90. The summed E-state index contributed by atoms with van der Waals surface area (Å²) in [5, 5.41) is 0. The zero-order chi connectivity index (χ0) is 21.8. The van der Waals surface area contributed by atoms with Crippen LogP contribution in [-0.4, -0.2) is 0 Å². The molecule has 2 aromatic carbocycles. The van der Waals surface area contributed by atoms with Crippen LogP contribution in [0, 0.1) is 0 Å². The number of hydrogen-bond acceptors (Lipinski definition) is 0. The minimum absolute atomic E-state index is 0.286. The van der Waals surface area contributed by atoms with Gasteiger partial charge in [-0.3, -0.25) is 0 Å². The predicted molar refractivity (Wildman–Crippen MR) is 146 cm³/mol. The topological polar surface area (TPSA) is 0 Å². The molecule has 0 aliphatic heterocycles. The van der Waals surface area contributed by atoms with Crippen LogP contribution in [0.4, 0.5) is 0 Å². The third-order valence-corrected chi connectivity index (χ3v) is 35.2. The van der Waals surface area contributed by atoms with Gasteiger partial charge in [-0.2, -0.15) is 0 Å². The predicted octanol–water partition coefficient (Wildman–Crippen LogP) is 9.92. The average Bonchev–Trinajstić information content (AvgIpc) is 3.17. The molecule has 3 heteroatoms. The Morgan fingerprint density at radius 2 is 1.43 bits per heavy atom. The van der Waals surface area contributed by atoms with Crippen molar-refractivity contribution in [1.82, 2.24) is 0 Å². The molecular formula is C27H30I2Zr. The second kappa shape index (κ2) is 8.41. The van der Waals surface area contributed by atoms with E-state index in [1.807, 2.05) is 0 Å². The van der Waals surface area contributed by atoms with Crippen LogP contribution in [0.1, 0.15) is 62.7 Å². The Kier molecular flexibility index (Phi) is 6.50. The van der Waals surface area contributed by atoms with Crippen LogP contribution in [0.5, 0.6) is 0 Å². The maximum atomic E-state index is 3.01. The van der Waals surface area contributed by atoms with Crippen molar-refractivity contribution >= 4 is 42.2 Å². The summed E-state index contributed by atoms with van der Waals surface area (Å²) in [4.78, 5) is 0. The number of allylic oxidation sites excluding steroid dienone is 5. The van der Waals surface area contributed by atoms with Crippen LogP contribution in [0.2, 0.25) is 3.12 Å². The maximum absolute atomic E-state index is 3.01. The van der Waals surface area contributed by atoms with Crippen LogP contribution in [0.25, 0.3) is 17.2 Å². The van der Waals surface area contributed by atoms with Gasteiger partial charge in [0.1, 0.15) is 0 Å². The van der Waals surface area contributed by atoms with Gasteiger partial charge in [0.05, 0.1) is 0 Å². The summed E-state index contributed by atoms with van der Waals surface area (Å²) >= 11 is 3.17. The van der Waals surface area contributed by atoms with E-state index in [0.717, 1.165) is 0 Å². The Labute approximate surface area is 205 Å². The SMILES string of the molecule is CC[C]1([Zr]([I])([I])[CH]2C(C)=Cc3c(-c4ccccc4)cccc32)C(C)=C(C)C(C)=C1C. The zero-order valence-electron chi connectivity index (χ0n) is 18.7. The molecule has 0 saturated carbocycles. The molecule has 4 rings (SSSR count). The molecule has 0 bridgehead atoms. The second-order valence-corrected chi connectivity index (χ2v) is 47.8. The Balaban J connectivity index is 1.91. The van der Waals surface area contributed by atoms with Crippen molar-refractivity contribution in [1.29, 1.82) is 0 Å². The van der Waals surface area contributed by atoms with Crippen LogP contribution < -0.4 is 0 Å². The van der Waals surface area contributed by atoms with Crippen molar-refractivity contribution in [2.24, 2.45) is 0 Å². The van der Waals surface area contributed by atoms with Gasteiger partial charge < -0.3 is 0 Å². The van der Waals surface area contributed by atoms with E-state index in [1.165, 1.54) is 23.1 Å². The van der Waals surface area contributed by atoms with E-state index in [2.05, 4.69) is 132 Å². The first kappa shape index (κ1) is 23.2. The van der Waals surface area contributed by atoms with Gasteiger partial charge in [-0.15, -0.1) is 0 Å². The van der Waals surface area contributed by atoms with E-state index in [0.29, 0.717) is 3.63 Å². The summed E-state index contributed by atoms with van der Waals surface area (Å²) in [6.45, 7) is 14.4. The molecule has 0 nitrogen and oxygen atoms in total. The van der Waals surface area contributed by atoms with Gasteiger partial charge in [-0.1, -0.05) is 0 Å². The minimum atomic E-state index is -2.85. The Bertz CT molecular complexity index is 1080. The molecule has 2 aliphatic rings. The van der Waals surface area contributed by atoms with Gasteiger partial charge >= 0.3 is 207 Å². The first-order chi connectivity index (χ1) is 14.2. The molecule has 0 radical (unpaired) electrons. The first-order valence-corrected chi connectivity index (χ1v) is 28.1. The first-order valence-electron chi connectivity index (χ1n) is 10.8. The molecule has 0 spiro atoms. The van der Waals surface area contributed by atoms with Gasteiger partial charge in [0.15, 0.2) is 0 Å². The zero-order valence-corrected chi connectivity index (χ0v) is 25.5. The van der Waals surface area contributed by atoms with Crippen LogP contribution in [0.3, 0.4) is 0 Å². The van der Waals surface area contributed by atoms with Crippen molar-refractivity contribution in [2.45, 2.75) is 54.7 Å². The molecule has 2 aliphatic carbocycles. The Morgan fingerprint density at radius 3 is 2.00 bits per heavy atom. The third kappa shape index (κ3) is 3.19. The van der Waals surface area contributed by atoms with Gasteiger partial charge in [-0.25, -0.2) is 0 Å². The van der Waals surface area contributed by atoms with Gasteiger partial charge in [0.25, 0.3) is 0 Å². The number of halogens is 2. The molecule has 0 saturated heterocycles. The molecule has 0 heterocycles. The number of hydrogen-bond donors (Lipinski definition) is 0. The fraction of sp³-hybridized carbons (Fsp3) is 0.333. The summed E-state index contributed by atoms with van der Waals surface area (Å²) in [5.41, 5.74) is 13.7. The number of fused-ring (bicyclic) bond motifs is 1. The van der Waals surface area contributed by atoms with E-state index < -0.39 is 11.9 Å². The monoisotopic (exact) mass is 698 g/mol. The van der Waals surface area contributed by atoms with E-state index in [4.69, 9.17) is 0 Å². The van der Waals surface area contributed by atoms with Crippen molar-refractivity contribution in [3.05, 3.63) is 87.5 Å². The molecule has 0 aromatic heterocycles. The van der Waals surface area contributed by atoms with E-state index in [1.54, 1.807) is 33.4 Å². The summed E-state index contributed by atoms with van der Waals surface area (Å²) in [6, 6.07) is 17.9. The van der Waals surface area contributed by atoms with Crippen molar-refractivity contribution in [3.8, 4) is 11.1 Å². The molecular weight excluding hydrogens is 669 g/mol. The fourth-order valence-corrected chi connectivity index (χ4v) is 38.7. The van der Waals surface area contributed by atoms with Crippen molar-refractivity contribution in [2.75, 3.05) is 0 Å². The van der Waals surface area contributed by atoms with Crippen LogP contribution in [-0.2, 0) is 11.9 Å². The normalized spacial score (nSPS) is 20.7. The molecule has 0 fully saturated rings. The summed E-state index contributed by atoms with van der Waals surface area (Å²) < 4.78 is 0.886. The van der Waals surface area contributed by atoms with E-state index in [-0.39, 0.29) is 3.12 Å². The quantitative estimate of drug-likeness (QED) is 0.279. The summed E-state index contributed by atoms with van der Waals surface area (Å²) in [7, 11) is 0. The van der Waals surface area contributed by atoms with E-state index >= 15 is 0 Å². The molecule has 1 unspecified atom stereocenters. The van der Waals surface area contributed by atoms with Gasteiger partial charge in [-0.05, 0) is 0 Å². The molecule has 30 heavy (non-hydrogen) atoms. The van der Waals surface area contributed by atoms with Crippen LogP contribution in [0.15, 0.2) is 76.4 Å². The molecule has 0 N–H and O–H groups in total. The Hall–Kier alpha value is 0.00312. The third-order valence-electron chi connectivity index (χ3n) is 7.79.